The fourth-order valence-electron chi connectivity index (χ4n) is 1.14. The molecule has 0 N–H and O–H groups in total. The first-order chi connectivity index (χ1) is 6.54. The Morgan fingerprint density at radius 2 is 1.93 bits per heavy atom. The van der Waals surface area contributed by atoms with Crippen molar-refractivity contribution in [2.24, 2.45) is 0 Å². The molecule has 0 aliphatic heterocycles. The normalized spacial score (nSPS) is 10.3. The van der Waals surface area contributed by atoms with E-state index in [-0.39, 0.29) is 5.56 Å². The summed E-state index contributed by atoms with van der Waals surface area (Å²) >= 11 is 0. The summed E-state index contributed by atoms with van der Waals surface area (Å²) in [5.74, 6) is -1.43. The maximum absolute atomic E-state index is 13.2. The van der Waals surface area contributed by atoms with E-state index in [9.17, 15) is 8.78 Å². The lowest BCUT2D eigenvalue weighted by molar-refractivity contribution is 0.391. The highest BCUT2D eigenvalue weighted by atomic mass is 19.1. The number of hydrogen-bond acceptors (Lipinski definition) is 2. The van der Waals surface area contributed by atoms with Crippen LogP contribution >= 0.6 is 0 Å². The van der Waals surface area contributed by atoms with E-state index >= 15 is 0 Å². The summed E-state index contributed by atoms with van der Waals surface area (Å²) in [4.78, 5) is 1.75. The molecule has 0 heterocycles. The van der Waals surface area contributed by atoms with Crippen LogP contribution in [0, 0.1) is 23.0 Å². The third kappa shape index (κ3) is 2.27. The zero-order valence-electron chi connectivity index (χ0n) is 8.01. The van der Waals surface area contributed by atoms with Gasteiger partial charge in [-0.1, -0.05) is 0 Å². The highest BCUT2D eigenvalue weighted by molar-refractivity contribution is 5.35. The number of rotatable bonds is 2. The molecule has 1 rings (SSSR count). The molecule has 0 bridgehead atoms. The van der Waals surface area contributed by atoms with Crippen molar-refractivity contribution in [3.05, 3.63) is 34.9 Å². The summed E-state index contributed by atoms with van der Waals surface area (Å²) in [6, 6.07) is 3.66. The minimum atomic E-state index is -0.812. The SMILES string of the molecule is CN(C)Cc1cc(C#N)c(F)cc1F. The Morgan fingerprint density at radius 1 is 1.29 bits per heavy atom. The van der Waals surface area contributed by atoms with Gasteiger partial charge in [-0.05, 0) is 20.2 Å². The molecule has 14 heavy (non-hydrogen) atoms. The van der Waals surface area contributed by atoms with Gasteiger partial charge in [0.05, 0.1) is 5.56 Å². The smallest absolute Gasteiger partial charge is 0.143 e. The van der Waals surface area contributed by atoms with E-state index in [1.165, 1.54) is 6.07 Å². The number of benzene rings is 1. The van der Waals surface area contributed by atoms with Crippen LogP contribution in [0.3, 0.4) is 0 Å². The zero-order valence-corrected chi connectivity index (χ0v) is 8.01. The van der Waals surface area contributed by atoms with Gasteiger partial charge in [-0.2, -0.15) is 5.26 Å². The first kappa shape index (κ1) is 10.6. The van der Waals surface area contributed by atoms with Gasteiger partial charge in [-0.25, -0.2) is 8.78 Å². The molecule has 2 nitrogen and oxygen atoms in total. The second kappa shape index (κ2) is 4.16. The quantitative estimate of drug-likeness (QED) is 0.722. The maximum atomic E-state index is 13.2. The molecule has 0 atom stereocenters. The summed E-state index contributed by atoms with van der Waals surface area (Å²) in [5, 5.41) is 8.54. The molecule has 0 amide bonds. The van der Waals surface area contributed by atoms with E-state index < -0.39 is 11.6 Å². The summed E-state index contributed by atoms with van der Waals surface area (Å²) < 4.78 is 26.0. The number of hydrogen-bond donors (Lipinski definition) is 0. The Labute approximate surface area is 81.4 Å². The van der Waals surface area contributed by atoms with Gasteiger partial charge in [0.1, 0.15) is 17.7 Å². The third-order valence-corrected chi connectivity index (χ3v) is 1.74. The van der Waals surface area contributed by atoms with Crippen molar-refractivity contribution >= 4 is 0 Å². The fourth-order valence-corrected chi connectivity index (χ4v) is 1.14. The Hall–Kier alpha value is -1.47. The summed E-state index contributed by atoms with van der Waals surface area (Å²) in [6.45, 7) is 0.348. The number of halogens is 2. The van der Waals surface area contributed by atoms with Crippen LogP contribution in [0.2, 0.25) is 0 Å². The first-order valence-corrected chi connectivity index (χ1v) is 4.07. The van der Waals surface area contributed by atoms with Crippen LogP contribution in [0.1, 0.15) is 11.1 Å². The molecule has 74 valence electrons. The van der Waals surface area contributed by atoms with Crippen LogP contribution in [-0.2, 0) is 6.54 Å². The van der Waals surface area contributed by atoms with Crippen molar-refractivity contribution in [2.45, 2.75) is 6.54 Å². The Bertz CT molecular complexity index is 380. The van der Waals surface area contributed by atoms with Gasteiger partial charge < -0.3 is 4.90 Å². The summed E-state index contributed by atoms with van der Waals surface area (Å²) in [6.07, 6.45) is 0. The predicted molar refractivity (Wildman–Crippen MR) is 48.5 cm³/mol. The van der Waals surface area contributed by atoms with Gasteiger partial charge in [0.15, 0.2) is 0 Å². The molecule has 0 saturated carbocycles. The highest BCUT2D eigenvalue weighted by Gasteiger charge is 2.09. The molecule has 1 aromatic carbocycles. The van der Waals surface area contributed by atoms with E-state index in [0.717, 1.165) is 6.07 Å². The molecule has 0 aromatic heterocycles. The Kier molecular flexibility index (Phi) is 3.15. The lowest BCUT2D eigenvalue weighted by atomic mass is 10.1. The minimum absolute atomic E-state index is 0.122. The zero-order chi connectivity index (χ0) is 10.7. The lowest BCUT2D eigenvalue weighted by Gasteiger charge is -2.10. The Balaban J connectivity index is 3.12. The van der Waals surface area contributed by atoms with Crippen LogP contribution in [0.15, 0.2) is 12.1 Å². The topological polar surface area (TPSA) is 27.0 Å². The van der Waals surface area contributed by atoms with Crippen LogP contribution in [0.4, 0.5) is 8.78 Å². The molecule has 0 aliphatic rings. The van der Waals surface area contributed by atoms with Gasteiger partial charge in [-0.15, -0.1) is 0 Å². The van der Waals surface area contributed by atoms with Gasteiger partial charge in [0, 0.05) is 18.2 Å². The molecule has 0 saturated heterocycles. The van der Waals surface area contributed by atoms with Crippen LogP contribution in [0.25, 0.3) is 0 Å². The van der Waals surface area contributed by atoms with Crippen molar-refractivity contribution in [1.29, 1.82) is 5.26 Å². The van der Waals surface area contributed by atoms with Crippen molar-refractivity contribution in [3.8, 4) is 6.07 Å². The molecular formula is C10H10F2N2. The van der Waals surface area contributed by atoms with Gasteiger partial charge >= 0.3 is 0 Å². The average molecular weight is 196 g/mol. The van der Waals surface area contributed by atoms with Crippen molar-refractivity contribution in [2.75, 3.05) is 14.1 Å². The van der Waals surface area contributed by atoms with E-state index in [1.807, 2.05) is 0 Å². The van der Waals surface area contributed by atoms with Crippen LogP contribution in [-0.4, -0.2) is 19.0 Å². The maximum Gasteiger partial charge on any atom is 0.143 e. The average Bonchev–Trinajstić information content (AvgIpc) is 2.09. The number of nitrogens with zero attached hydrogens (tertiary/aromatic N) is 2. The Morgan fingerprint density at radius 3 is 2.43 bits per heavy atom. The predicted octanol–water partition coefficient (Wildman–Crippen LogP) is 1.90. The molecule has 0 aliphatic carbocycles. The molecule has 0 fully saturated rings. The van der Waals surface area contributed by atoms with Gasteiger partial charge in [0.2, 0.25) is 0 Å². The lowest BCUT2D eigenvalue weighted by Crippen LogP contribution is -2.12. The third-order valence-electron chi connectivity index (χ3n) is 1.74. The fraction of sp³-hybridized carbons (Fsp3) is 0.300. The molecule has 4 heteroatoms. The first-order valence-electron chi connectivity index (χ1n) is 4.07. The van der Waals surface area contributed by atoms with Gasteiger partial charge in [-0.3, -0.25) is 0 Å². The molecule has 0 spiro atoms. The van der Waals surface area contributed by atoms with Crippen LogP contribution < -0.4 is 0 Å². The van der Waals surface area contributed by atoms with Crippen molar-refractivity contribution in [1.82, 2.24) is 4.90 Å². The van der Waals surface area contributed by atoms with E-state index in [1.54, 1.807) is 25.1 Å². The molecule has 0 radical (unpaired) electrons. The molecule has 1 aromatic rings. The van der Waals surface area contributed by atoms with Crippen molar-refractivity contribution < 1.29 is 8.78 Å². The number of nitriles is 1. The monoisotopic (exact) mass is 196 g/mol. The molecule has 0 unspecified atom stereocenters. The van der Waals surface area contributed by atoms with E-state index in [0.29, 0.717) is 12.1 Å². The second-order valence-electron chi connectivity index (χ2n) is 3.27. The van der Waals surface area contributed by atoms with E-state index in [2.05, 4.69) is 0 Å². The largest absolute Gasteiger partial charge is 0.305 e. The minimum Gasteiger partial charge on any atom is -0.305 e. The highest BCUT2D eigenvalue weighted by Crippen LogP contribution is 2.15. The standard InChI is InChI=1S/C10H10F2N2/c1-14(2)6-8-3-7(5-13)9(11)4-10(8)12/h3-4H,6H2,1-2H3. The summed E-state index contributed by atoms with van der Waals surface area (Å²) in [5.41, 5.74) is 0.205. The summed E-state index contributed by atoms with van der Waals surface area (Å²) in [7, 11) is 3.55. The van der Waals surface area contributed by atoms with E-state index in [4.69, 9.17) is 5.26 Å². The molecular weight excluding hydrogens is 186 g/mol. The van der Waals surface area contributed by atoms with Crippen LogP contribution in [0.5, 0.6) is 0 Å². The van der Waals surface area contributed by atoms with Crippen molar-refractivity contribution in [3.63, 3.8) is 0 Å². The second-order valence-corrected chi connectivity index (χ2v) is 3.27. The van der Waals surface area contributed by atoms with Gasteiger partial charge in [0.25, 0.3) is 0 Å².